The van der Waals surface area contributed by atoms with Crippen molar-refractivity contribution in [3.63, 3.8) is 0 Å². The second-order valence-electron chi connectivity index (χ2n) is 6.55. The summed E-state index contributed by atoms with van der Waals surface area (Å²) in [6.07, 6.45) is 6.51. The number of likely N-dealkylation sites (tertiary alicyclic amines) is 1. The van der Waals surface area contributed by atoms with Gasteiger partial charge in [0.05, 0.1) is 0 Å². The second-order valence-corrected chi connectivity index (χ2v) is 6.55. The van der Waals surface area contributed by atoms with Gasteiger partial charge in [-0.15, -0.1) is 0 Å². The number of nitrogens with one attached hydrogen (secondary N) is 1. The van der Waals surface area contributed by atoms with Crippen LogP contribution in [0.3, 0.4) is 0 Å². The van der Waals surface area contributed by atoms with Crippen LogP contribution in [0.2, 0.25) is 0 Å². The molecule has 1 aliphatic carbocycles. The largest absolute Gasteiger partial charge is 0.480 e. The van der Waals surface area contributed by atoms with E-state index in [1.54, 1.807) is 0 Å². The van der Waals surface area contributed by atoms with Gasteiger partial charge in [0.15, 0.2) is 0 Å². The SMILES string of the molecule is CCNC1(C(=O)O)CCCC1CCN1CCC(CC)C1. The molecule has 0 aromatic heterocycles. The Hall–Kier alpha value is -0.610. The monoisotopic (exact) mass is 282 g/mol. The summed E-state index contributed by atoms with van der Waals surface area (Å²) in [5.74, 6) is 0.506. The highest BCUT2D eigenvalue weighted by Gasteiger charge is 2.48. The molecule has 1 saturated carbocycles. The molecule has 3 unspecified atom stereocenters. The van der Waals surface area contributed by atoms with Gasteiger partial charge in [-0.3, -0.25) is 4.79 Å². The Morgan fingerprint density at radius 2 is 2.20 bits per heavy atom. The molecule has 1 saturated heterocycles. The van der Waals surface area contributed by atoms with E-state index in [-0.39, 0.29) is 0 Å². The van der Waals surface area contributed by atoms with Gasteiger partial charge in [0.25, 0.3) is 0 Å². The lowest BCUT2D eigenvalue weighted by molar-refractivity contribution is -0.146. The molecule has 116 valence electrons. The lowest BCUT2D eigenvalue weighted by atomic mass is 9.84. The van der Waals surface area contributed by atoms with Crippen LogP contribution in [0.25, 0.3) is 0 Å². The maximum Gasteiger partial charge on any atom is 0.324 e. The minimum absolute atomic E-state index is 0.292. The van der Waals surface area contributed by atoms with E-state index < -0.39 is 11.5 Å². The summed E-state index contributed by atoms with van der Waals surface area (Å²) < 4.78 is 0. The Morgan fingerprint density at radius 3 is 2.80 bits per heavy atom. The summed E-state index contributed by atoms with van der Waals surface area (Å²) >= 11 is 0. The van der Waals surface area contributed by atoms with Crippen molar-refractivity contribution >= 4 is 5.97 Å². The summed E-state index contributed by atoms with van der Waals surface area (Å²) in [5, 5.41) is 12.9. The number of hydrogen-bond acceptors (Lipinski definition) is 3. The lowest BCUT2D eigenvalue weighted by Gasteiger charge is -2.33. The molecular weight excluding hydrogens is 252 g/mol. The van der Waals surface area contributed by atoms with E-state index in [2.05, 4.69) is 17.1 Å². The van der Waals surface area contributed by atoms with Crippen molar-refractivity contribution in [2.75, 3.05) is 26.2 Å². The molecule has 0 radical (unpaired) electrons. The minimum atomic E-state index is -0.654. The van der Waals surface area contributed by atoms with Gasteiger partial charge >= 0.3 is 5.97 Å². The van der Waals surface area contributed by atoms with Crippen molar-refractivity contribution in [1.82, 2.24) is 10.2 Å². The van der Waals surface area contributed by atoms with Crippen LogP contribution in [0, 0.1) is 11.8 Å². The maximum atomic E-state index is 11.7. The third-order valence-electron chi connectivity index (χ3n) is 5.44. The predicted molar refractivity (Wildman–Crippen MR) is 80.8 cm³/mol. The quantitative estimate of drug-likeness (QED) is 0.752. The smallest absolute Gasteiger partial charge is 0.324 e. The van der Waals surface area contributed by atoms with Gasteiger partial charge in [0.1, 0.15) is 5.54 Å². The van der Waals surface area contributed by atoms with Crippen LogP contribution >= 0.6 is 0 Å². The van der Waals surface area contributed by atoms with Crippen LogP contribution in [0.15, 0.2) is 0 Å². The fraction of sp³-hybridized carbons (Fsp3) is 0.938. The number of nitrogens with zero attached hydrogens (tertiary/aromatic N) is 1. The molecular formula is C16H30N2O2. The molecule has 3 atom stereocenters. The first kappa shape index (κ1) is 15.8. The molecule has 20 heavy (non-hydrogen) atoms. The molecule has 0 amide bonds. The van der Waals surface area contributed by atoms with Gasteiger partial charge < -0.3 is 15.3 Å². The summed E-state index contributed by atoms with van der Waals surface area (Å²) in [6.45, 7) is 8.50. The lowest BCUT2D eigenvalue weighted by Crippen LogP contribution is -2.55. The highest BCUT2D eigenvalue weighted by atomic mass is 16.4. The molecule has 4 nitrogen and oxygen atoms in total. The fourth-order valence-corrected chi connectivity index (χ4v) is 4.16. The van der Waals surface area contributed by atoms with Gasteiger partial charge in [-0.1, -0.05) is 26.7 Å². The first-order valence-electron chi connectivity index (χ1n) is 8.33. The minimum Gasteiger partial charge on any atom is -0.480 e. The highest BCUT2D eigenvalue weighted by Crippen LogP contribution is 2.38. The van der Waals surface area contributed by atoms with Gasteiger partial charge in [-0.25, -0.2) is 0 Å². The average Bonchev–Trinajstić information content (AvgIpc) is 3.04. The molecule has 0 aromatic rings. The number of rotatable bonds is 7. The zero-order chi connectivity index (χ0) is 14.6. The van der Waals surface area contributed by atoms with Gasteiger partial charge in [0, 0.05) is 6.54 Å². The summed E-state index contributed by atoms with van der Waals surface area (Å²) in [5.41, 5.74) is -0.654. The number of hydrogen-bond donors (Lipinski definition) is 2. The van der Waals surface area contributed by atoms with Crippen LogP contribution < -0.4 is 5.32 Å². The molecule has 2 N–H and O–H groups in total. The first-order valence-corrected chi connectivity index (χ1v) is 8.33. The summed E-state index contributed by atoms with van der Waals surface area (Å²) in [4.78, 5) is 14.3. The number of carbonyl (C=O) groups is 1. The van der Waals surface area contributed by atoms with Crippen LogP contribution in [0.5, 0.6) is 0 Å². The zero-order valence-corrected chi connectivity index (χ0v) is 13.0. The van der Waals surface area contributed by atoms with E-state index >= 15 is 0 Å². The van der Waals surface area contributed by atoms with E-state index in [4.69, 9.17) is 0 Å². The van der Waals surface area contributed by atoms with Crippen LogP contribution in [-0.2, 0) is 4.79 Å². The van der Waals surface area contributed by atoms with Crippen molar-refractivity contribution in [2.45, 2.75) is 57.9 Å². The van der Waals surface area contributed by atoms with E-state index in [0.717, 1.165) is 44.7 Å². The Kier molecular flexibility index (Phi) is 5.44. The normalized spacial score (nSPS) is 34.7. The molecule has 1 aliphatic heterocycles. The Balaban J connectivity index is 1.89. The molecule has 0 spiro atoms. The van der Waals surface area contributed by atoms with Crippen LogP contribution in [-0.4, -0.2) is 47.7 Å². The van der Waals surface area contributed by atoms with E-state index in [1.807, 2.05) is 6.92 Å². The van der Waals surface area contributed by atoms with Crippen molar-refractivity contribution < 1.29 is 9.90 Å². The molecule has 0 bridgehead atoms. The van der Waals surface area contributed by atoms with Gasteiger partial charge in [0.2, 0.25) is 0 Å². The summed E-state index contributed by atoms with van der Waals surface area (Å²) in [7, 11) is 0. The predicted octanol–water partition coefficient (Wildman–Crippen LogP) is 2.34. The standard InChI is InChI=1S/C16H30N2O2/c1-3-13-7-10-18(12-13)11-8-14-6-5-9-16(14,15(19)20)17-4-2/h13-14,17H,3-12H2,1-2H3,(H,19,20). The topological polar surface area (TPSA) is 52.6 Å². The van der Waals surface area contributed by atoms with E-state index in [1.165, 1.54) is 25.9 Å². The fourth-order valence-electron chi connectivity index (χ4n) is 4.16. The number of likely N-dealkylation sites (N-methyl/N-ethyl adjacent to an activating group) is 1. The van der Waals surface area contributed by atoms with Crippen molar-refractivity contribution in [3.05, 3.63) is 0 Å². The molecule has 1 heterocycles. The van der Waals surface area contributed by atoms with Crippen molar-refractivity contribution in [2.24, 2.45) is 11.8 Å². The van der Waals surface area contributed by atoms with E-state index in [9.17, 15) is 9.90 Å². The second kappa shape index (κ2) is 6.90. The van der Waals surface area contributed by atoms with Gasteiger partial charge in [-0.2, -0.15) is 0 Å². The molecule has 0 aromatic carbocycles. The first-order chi connectivity index (χ1) is 9.62. The Bertz CT molecular complexity index is 334. The molecule has 2 aliphatic rings. The summed E-state index contributed by atoms with van der Waals surface area (Å²) in [6, 6.07) is 0. The molecule has 2 rings (SSSR count). The molecule has 2 fully saturated rings. The zero-order valence-electron chi connectivity index (χ0n) is 13.0. The van der Waals surface area contributed by atoms with Gasteiger partial charge in [-0.05, 0) is 57.2 Å². The number of carboxylic acid groups (broad SMARTS) is 1. The van der Waals surface area contributed by atoms with Crippen molar-refractivity contribution in [1.29, 1.82) is 0 Å². The maximum absolute atomic E-state index is 11.7. The Labute approximate surface area is 122 Å². The number of aliphatic carboxylic acids is 1. The highest BCUT2D eigenvalue weighted by molar-refractivity contribution is 5.79. The third kappa shape index (κ3) is 3.17. The number of carboxylic acids is 1. The third-order valence-corrected chi connectivity index (χ3v) is 5.44. The van der Waals surface area contributed by atoms with Crippen molar-refractivity contribution in [3.8, 4) is 0 Å². The van der Waals surface area contributed by atoms with Crippen LogP contribution in [0.1, 0.15) is 52.4 Å². The van der Waals surface area contributed by atoms with E-state index in [0.29, 0.717) is 5.92 Å². The average molecular weight is 282 g/mol. The Morgan fingerprint density at radius 1 is 1.40 bits per heavy atom. The van der Waals surface area contributed by atoms with Crippen LogP contribution in [0.4, 0.5) is 0 Å². The molecule has 4 heteroatoms.